The van der Waals surface area contributed by atoms with E-state index in [-0.39, 0.29) is 0 Å². The summed E-state index contributed by atoms with van der Waals surface area (Å²) in [7, 11) is -2.65. The van der Waals surface area contributed by atoms with Crippen LogP contribution in [0.25, 0.3) is 59.5 Å². The molecule has 5 heteroatoms. The summed E-state index contributed by atoms with van der Waals surface area (Å²) in [5.41, 5.74) is 8.33. The molecule has 0 atom stereocenters. The van der Waals surface area contributed by atoms with Crippen LogP contribution in [0.4, 0.5) is 0 Å². The zero-order valence-corrected chi connectivity index (χ0v) is 33.1. The van der Waals surface area contributed by atoms with Crippen molar-refractivity contribution in [1.82, 2.24) is 9.55 Å². The number of thiophene rings is 1. The maximum absolute atomic E-state index is 5.89. The first-order valence-electron chi connectivity index (χ1n) is 19.7. The van der Waals surface area contributed by atoms with E-state index >= 15 is 0 Å². The molecule has 0 saturated carbocycles. The van der Waals surface area contributed by atoms with Crippen LogP contribution < -0.4 is 20.7 Å². The van der Waals surface area contributed by atoms with Crippen molar-refractivity contribution in [3.63, 3.8) is 0 Å². The van der Waals surface area contributed by atoms with E-state index in [1.807, 2.05) is 23.8 Å². The Balaban J connectivity index is 1.01. The second-order valence-corrected chi connectivity index (χ2v) is 19.9. The van der Waals surface area contributed by atoms with E-state index in [9.17, 15) is 0 Å². The van der Waals surface area contributed by atoms with E-state index in [0.29, 0.717) is 0 Å². The number of furan rings is 1. The zero-order chi connectivity index (χ0) is 37.8. The van der Waals surface area contributed by atoms with Gasteiger partial charge in [-0.25, -0.2) is 4.98 Å². The smallest absolute Gasteiger partial charge is 0.144 e. The molecule has 0 radical (unpaired) electrons. The molecule has 0 bridgehead atoms. The first-order chi connectivity index (χ1) is 28.2. The van der Waals surface area contributed by atoms with Crippen LogP contribution in [0.3, 0.4) is 0 Å². The highest BCUT2D eigenvalue weighted by molar-refractivity contribution is 7.25. The second-order valence-electron chi connectivity index (χ2n) is 15.0. The number of hydrogen-bond acceptors (Lipinski definition) is 3. The molecule has 0 amide bonds. The predicted molar refractivity (Wildman–Crippen MR) is 241 cm³/mol. The molecule has 1 aliphatic heterocycles. The monoisotopic (exact) mass is 766 g/mol. The van der Waals surface area contributed by atoms with E-state index in [2.05, 4.69) is 187 Å². The third-order valence-electron chi connectivity index (χ3n) is 11.8. The fourth-order valence-corrected chi connectivity index (χ4v) is 15.0. The average Bonchev–Trinajstić information content (AvgIpc) is 3.99. The lowest BCUT2D eigenvalue weighted by Crippen LogP contribution is -2.74. The molecule has 11 rings (SSSR count). The Bertz CT molecular complexity index is 2960. The molecule has 4 heterocycles. The Kier molecular flexibility index (Phi) is 8.23. The Morgan fingerprint density at radius 2 is 1.04 bits per heavy atom. The van der Waals surface area contributed by atoms with Gasteiger partial charge < -0.3 is 4.42 Å². The summed E-state index contributed by atoms with van der Waals surface area (Å²) in [5.74, 6) is 2.01. The molecule has 0 spiro atoms. The van der Waals surface area contributed by atoms with Gasteiger partial charge in [0.05, 0.1) is 12.0 Å². The van der Waals surface area contributed by atoms with Gasteiger partial charge in [-0.1, -0.05) is 140 Å². The lowest BCUT2D eigenvalue weighted by atomic mass is 9.98. The summed E-state index contributed by atoms with van der Waals surface area (Å²) in [5, 5.41) is 8.04. The van der Waals surface area contributed by atoms with Crippen molar-refractivity contribution in [2.45, 2.75) is 19.3 Å². The molecule has 273 valence electrons. The summed E-state index contributed by atoms with van der Waals surface area (Å²) < 4.78 is 10.8. The largest absolute Gasteiger partial charge is 0.467 e. The third-order valence-corrected chi connectivity index (χ3v) is 17.7. The molecular formula is C52H38N2OSSi-. The van der Waals surface area contributed by atoms with Crippen molar-refractivity contribution in [3.8, 4) is 39.3 Å². The molecule has 3 aromatic heterocycles. The number of nitrogens with zero attached hydrogens (tertiary/aromatic N) is 2. The van der Waals surface area contributed by atoms with Crippen molar-refractivity contribution in [3.05, 3.63) is 206 Å². The highest BCUT2D eigenvalue weighted by Gasteiger charge is 2.28. The molecule has 0 saturated heterocycles. The normalized spacial score (nSPS) is 12.7. The molecule has 7 aromatic carbocycles. The molecule has 3 nitrogen and oxygen atoms in total. The van der Waals surface area contributed by atoms with E-state index < -0.39 is 8.07 Å². The van der Waals surface area contributed by atoms with Crippen molar-refractivity contribution >= 4 is 60.3 Å². The van der Waals surface area contributed by atoms with Crippen LogP contribution >= 0.6 is 11.3 Å². The van der Waals surface area contributed by atoms with E-state index in [4.69, 9.17) is 9.40 Å². The van der Waals surface area contributed by atoms with Gasteiger partial charge in [0.1, 0.15) is 11.6 Å². The fraction of sp³-hybridized carbons (Fsp3) is 0.0577. The van der Waals surface area contributed by atoms with E-state index in [1.54, 1.807) is 0 Å². The van der Waals surface area contributed by atoms with Crippen molar-refractivity contribution < 1.29 is 4.42 Å². The number of aromatic nitrogens is 2. The molecule has 57 heavy (non-hydrogen) atoms. The lowest BCUT2D eigenvalue weighted by Gasteiger charge is -2.47. The second kappa shape index (κ2) is 13.9. The highest BCUT2D eigenvalue weighted by atomic mass is 32.1. The Morgan fingerprint density at radius 3 is 1.68 bits per heavy atom. The fourth-order valence-electron chi connectivity index (χ4n) is 9.16. The molecule has 1 aliphatic rings. The van der Waals surface area contributed by atoms with Gasteiger partial charge in [-0.2, -0.15) is 20.7 Å². The van der Waals surface area contributed by atoms with Crippen LogP contribution in [0.5, 0.6) is 0 Å². The van der Waals surface area contributed by atoms with Crippen LogP contribution in [0, 0.1) is 0 Å². The van der Waals surface area contributed by atoms with Gasteiger partial charge in [0.25, 0.3) is 0 Å². The van der Waals surface area contributed by atoms with Gasteiger partial charge in [0, 0.05) is 50.1 Å². The SMILES string of the molecule is c1ccc([Si-](c2ccccc2)(c2ccccc2)c2cccc(-c3cccc(-c4ccc5sc6ccc(-c7ncc8n7-c7ccoc7CCC8)cc6c5c4)c3)c2)cc1. The lowest BCUT2D eigenvalue weighted by molar-refractivity contribution is 0.504. The summed E-state index contributed by atoms with van der Waals surface area (Å²) >= 11 is 1.85. The third kappa shape index (κ3) is 5.65. The minimum absolute atomic E-state index is 0.949. The van der Waals surface area contributed by atoms with Crippen molar-refractivity contribution in [2.75, 3.05) is 0 Å². The predicted octanol–water partition coefficient (Wildman–Crippen LogP) is 10.7. The van der Waals surface area contributed by atoms with Crippen molar-refractivity contribution in [1.29, 1.82) is 0 Å². The number of hydrogen-bond donors (Lipinski definition) is 0. The zero-order valence-electron chi connectivity index (χ0n) is 31.3. The molecule has 0 N–H and O–H groups in total. The number of aryl methyl sites for hydroxylation is 2. The van der Waals surface area contributed by atoms with Gasteiger partial charge in [0.2, 0.25) is 0 Å². The van der Waals surface area contributed by atoms with Crippen LogP contribution in [0.1, 0.15) is 17.9 Å². The van der Waals surface area contributed by atoms with Gasteiger partial charge in [-0.15, -0.1) is 11.3 Å². The maximum atomic E-state index is 5.89. The van der Waals surface area contributed by atoms with E-state index in [0.717, 1.165) is 42.1 Å². The van der Waals surface area contributed by atoms with E-state index in [1.165, 1.54) is 68.9 Å². The van der Waals surface area contributed by atoms with Crippen LogP contribution in [-0.2, 0) is 12.8 Å². The van der Waals surface area contributed by atoms with Crippen LogP contribution in [-0.4, -0.2) is 17.6 Å². The topological polar surface area (TPSA) is 31.0 Å². The molecule has 0 fully saturated rings. The summed E-state index contributed by atoms with van der Waals surface area (Å²) in [6.45, 7) is 0. The molecule has 0 unspecified atom stereocenters. The van der Waals surface area contributed by atoms with Gasteiger partial charge in [-0.3, -0.25) is 4.57 Å². The van der Waals surface area contributed by atoms with Gasteiger partial charge >= 0.3 is 0 Å². The minimum Gasteiger partial charge on any atom is -0.467 e. The van der Waals surface area contributed by atoms with Gasteiger partial charge in [-0.05, 0) is 79.6 Å². The Morgan fingerprint density at radius 1 is 0.491 bits per heavy atom. The average molecular weight is 767 g/mol. The Hall–Kier alpha value is -6.53. The van der Waals surface area contributed by atoms with Crippen LogP contribution in [0.2, 0.25) is 0 Å². The number of rotatable bonds is 7. The standard InChI is InChI=1S/C52H38N2OSSi/c1-4-17-42(18-5-1)57(43-19-6-2-7-20-43,44-21-8-3-9-22-44)45-23-11-15-38(32-45)36-13-10-14-37(31-36)39-25-27-50-46(33-39)47-34-40(26-28-51(47)56-50)52-53-35-41-16-12-24-49-48(54(41)52)29-30-55-49/h1-11,13-15,17-23,25-35H,12,16,24H2/q-1. The number of benzene rings is 7. The molecule has 0 aliphatic carbocycles. The summed E-state index contributed by atoms with van der Waals surface area (Å²) in [4.78, 5) is 4.96. The molecule has 10 aromatic rings. The highest BCUT2D eigenvalue weighted by Crippen LogP contribution is 2.40. The first-order valence-corrected chi connectivity index (χ1v) is 22.5. The first kappa shape index (κ1) is 33.8. The summed E-state index contributed by atoms with van der Waals surface area (Å²) in [6, 6.07) is 67.7. The van der Waals surface area contributed by atoms with Crippen molar-refractivity contribution in [2.24, 2.45) is 0 Å². The number of imidazole rings is 1. The minimum atomic E-state index is -2.65. The molecular weight excluding hydrogens is 729 g/mol. The summed E-state index contributed by atoms with van der Waals surface area (Å²) in [6.07, 6.45) is 6.85. The van der Waals surface area contributed by atoms with Gasteiger partial charge in [0.15, 0.2) is 0 Å². The van der Waals surface area contributed by atoms with Crippen LogP contribution in [0.15, 0.2) is 199 Å². The Labute approximate surface area is 337 Å². The number of fused-ring (bicyclic) bond motifs is 6. The maximum Gasteiger partial charge on any atom is 0.144 e. The quantitative estimate of drug-likeness (QED) is 0.119.